The van der Waals surface area contributed by atoms with Crippen LogP contribution in [0, 0.1) is 0 Å². The molecule has 2 N–H and O–H groups in total. The van der Waals surface area contributed by atoms with E-state index in [4.69, 9.17) is 5.73 Å². The molecule has 0 aromatic rings. The Balaban J connectivity index is 2.49. The monoisotopic (exact) mass is 156 g/mol. The molecule has 0 radical (unpaired) electrons. The molecule has 0 saturated carbocycles. The van der Waals surface area contributed by atoms with Crippen LogP contribution in [0.5, 0.6) is 0 Å². The number of nitrogens with zero attached hydrogens (tertiary/aromatic N) is 1. The van der Waals surface area contributed by atoms with E-state index in [0.29, 0.717) is 6.54 Å². The van der Waals surface area contributed by atoms with Gasteiger partial charge < -0.3 is 10.6 Å². The molecule has 0 unspecified atom stereocenters. The third kappa shape index (κ3) is 1.71. The minimum absolute atomic E-state index is 0.280. The van der Waals surface area contributed by atoms with Crippen molar-refractivity contribution in [2.75, 3.05) is 13.1 Å². The Morgan fingerprint density at radius 3 is 2.82 bits per heavy atom. The lowest BCUT2D eigenvalue weighted by Crippen LogP contribution is -2.40. The largest absolute Gasteiger partial charge is 0.338 e. The van der Waals surface area contributed by atoms with Crippen LogP contribution in [0.4, 0.5) is 0 Å². The second-order valence-electron chi connectivity index (χ2n) is 2.99. The van der Waals surface area contributed by atoms with E-state index in [9.17, 15) is 4.79 Å². The number of rotatable bonds is 3. The lowest BCUT2D eigenvalue weighted by atomic mass is 10.2. The summed E-state index contributed by atoms with van der Waals surface area (Å²) in [6, 6.07) is 0.282. The summed E-state index contributed by atoms with van der Waals surface area (Å²) >= 11 is 0. The first kappa shape index (κ1) is 8.53. The van der Waals surface area contributed by atoms with Crippen LogP contribution in [0.2, 0.25) is 0 Å². The van der Waals surface area contributed by atoms with Crippen molar-refractivity contribution in [2.45, 2.75) is 32.2 Å². The van der Waals surface area contributed by atoms with Crippen molar-refractivity contribution in [2.24, 2.45) is 5.73 Å². The van der Waals surface area contributed by atoms with Gasteiger partial charge in [0.15, 0.2) is 0 Å². The van der Waals surface area contributed by atoms with Crippen LogP contribution in [-0.2, 0) is 4.79 Å². The van der Waals surface area contributed by atoms with Crippen molar-refractivity contribution in [3.05, 3.63) is 0 Å². The molecule has 0 bridgehead atoms. The molecule has 11 heavy (non-hydrogen) atoms. The van der Waals surface area contributed by atoms with Crippen molar-refractivity contribution in [3.63, 3.8) is 0 Å². The Labute approximate surface area is 67.5 Å². The van der Waals surface area contributed by atoms with Crippen LogP contribution in [0.1, 0.15) is 26.2 Å². The Hall–Kier alpha value is -0.570. The Bertz CT molecular complexity index is 143. The Kier molecular flexibility index (Phi) is 2.88. The molecular weight excluding hydrogens is 140 g/mol. The second-order valence-corrected chi connectivity index (χ2v) is 2.99. The van der Waals surface area contributed by atoms with E-state index < -0.39 is 0 Å². The standard InChI is InChI=1S/C8H16N2O/c1-2-7(6-9)10-5-3-4-8(10)11/h7H,2-6,9H2,1H3/t7-/m0/s1. The molecule has 0 spiro atoms. The van der Waals surface area contributed by atoms with Gasteiger partial charge in [0.25, 0.3) is 0 Å². The van der Waals surface area contributed by atoms with Crippen molar-refractivity contribution in [1.82, 2.24) is 4.90 Å². The highest BCUT2D eigenvalue weighted by atomic mass is 16.2. The van der Waals surface area contributed by atoms with Crippen molar-refractivity contribution < 1.29 is 4.79 Å². The number of hydrogen-bond acceptors (Lipinski definition) is 2. The van der Waals surface area contributed by atoms with Crippen LogP contribution in [0.3, 0.4) is 0 Å². The molecular formula is C8H16N2O. The molecule has 3 nitrogen and oxygen atoms in total. The number of hydrogen-bond donors (Lipinski definition) is 1. The topological polar surface area (TPSA) is 46.3 Å². The lowest BCUT2D eigenvalue weighted by molar-refractivity contribution is -0.129. The van der Waals surface area contributed by atoms with Crippen molar-refractivity contribution in [1.29, 1.82) is 0 Å². The lowest BCUT2D eigenvalue weighted by Gasteiger charge is -2.25. The maximum absolute atomic E-state index is 11.2. The predicted molar refractivity (Wildman–Crippen MR) is 44.1 cm³/mol. The third-order valence-corrected chi connectivity index (χ3v) is 2.29. The number of nitrogens with two attached hydrogens (primary N) is 1. The van der Waals surface area contributed by atoms with E-state index in [1.165, 1.54) is 0 Å². The summed E-state index contributed by atoms with van der Waals surface area (Å²) in [5.74, 6) is 0.280. The fraction of sp³-hybridized carbons (Fsp3) is 0.875. The summed E-state index contributed by atoms with van der Waals surface area (Å²) in [7, 11) is 0. The highest BCUT2D eigenvalue weighted by molar-refractivity contribution is 5.78. The van der Waals surface area contributed by atoms with Crippen molar-refractivity contribution >= 4 is 5.91 Å². The quantitative estimate of drug-likeness (QED) is 0.640. The van der Waals surface area contributed by atoms with E-state index in [-0.39, 0.29) is 11.9 Å². The molecule has 1 rings (SSSR count). The Morgan fingerprint density at radius 2 is 2.45 bits per heavy atom. The molecule has 64 valence electrons. The zero-order valence-corrected chi connectivity index (χ0v) is 7.05. The van der Waals surface area contributed by atoms with E-state index in [0.717, 1.165) is 25.8 Å². The van der Waals surface area contributed by atoms with Gasteiger partial charge in [0.1, 0.15) is 0 Å². The van der Waals surface area contributed by atoms with Gasteiger partial charge in [-0.2, -0.15) is 0 Å². The van der Waals surface area contributed by atoms with Gasteiger partial charge in [0.2, 0.25) is 5.91 Å². The highest BCUT2D eigenvalue weighted by Crippen LogP contribution is 2.14. The van der Waals surface area contributed by atoms with E-state index in [2.05, 4.69) is 6.92 Å². The van der Waals surface area contributed by atoms with Crippen LogP contribution in [-0.4, -0.2) is 29.9 Å². The minimum Gasteiger partial charge on any atom is -0.338 e. The van der Waals surface area contributed by atoms with Gasteiger partial charge >= 0.3 is 0 Å². The van der Waals surface area contributed by atoms with Gasteiger partial charge in [-0.15, -0.1) is 0 Å². The average Bonchev–Trinajstić information content (AvgIpc) is 2.40. The molecule has 3 heteroatoms. The summed E-state index contributed by atoms with van der Waals surface area (Å²) in [5, 5.41) is 0. The molecule has 0 aliphatic carbocycles. The molecule has 1 saturated heterocycles. The van der Waals surface area contributed by atoms with E-state index in [1.54, 1.807) is 0 Å². The molecule has 1 fully saturated rings. The van der Waals surface area contributed by atoms with Crippen LogP contribution < -0.4 is 5.73 Å². The zero-order chi connectivity index (χ0) is 8.27. The molecule has 1 amide bonds. The summed E-state index contributed by atoms with van der Waals surface area (Å²) in [6.07, 6.45) is 2.70. The van der Waals surface area contributed by atoms with Crippen LogP contribution in [0.25, 0.3) is 0 Å². The number of likely N-dealkylation sites (tertiary alicyclic amines) is 1. The number of carbonyl (C=O) groups excluding carboxylic acids is 1. The smallest absolute Gasteiger partial charge is 0.222 e. The van der Waals surface area contributed by atoms with Gasteiger partial charge in [-0.1, -0.05) is 6.92 Å². The summed E-state index contributed by atoms with van der Waals surface area (Å²) < 4.78 is 0. The molecule has 0 aromatic heterocycles. The fourth-order valence-electron chi connectivity index (χ4n) is 1.57. The third-order valence-electron chi connectivity index (χ3n) is 2.29. The first-order chi connectivity index (χ1) is 5.29. The predicted octanol–water partition coefficient (Wildman–Crippen LogP) is 0.346. The van der Waals surface area contributed by atoms with E-state index in [1.807, 2.05) is 4.90 Å². The zero-order valence-electron chi connectivity index (χ0n) is 7.05. The molecule has 1 atom stereocenters. The molecule has 1 aliphatic rings. The molecule has 1 heterocycles. The number of carbonyl (C=O) groups is 1. The Morgan fingerprint density at radius 1 is 1.73 bits per heavy atom. The van der Waals surface area contributed by atoms with Gasteiger partial charge in [-0.25, -0.2) is 0 Å². The van der Waals surface area contributed by atoms with E-state index >= 15 is 0 Å². The first-order valence-corrected chi connectivity index (χ1v) is 4.29. The average molecular weight is 156 g/mol. The fourth-order valence-corrected chi connectivity index (χ4v) is 1.57. The first-order valence-electron chi connectivity index (χ1n) is 4.29. The van der Waals surface area contributed by atoms with Crippen molar-refractivity contribution in [3.8, 4) is 0 Å². The van der Waals surface area contributed by atoms with Gasteiger partial charge in [-0.05, 0) is 12.8 Å². The summed E-state index contributed by atoms with van der Waals surface area (Å²) in [4.78, 5) is 13.1. The molecule has 1 aliphatic heterocycles. The maximum Gasteiger partial charge on any atom is 0.222 e. The van der Waals surface area contributed by atoms with Gasteiger partial charge in [-0.3, -0.25) is 4.79 Å². The number of amides is 1. The van der Waals surface area contributed by atoms with Gasteiger partial charge in [0, 0.05) is 25.6 Å². The van der Waals surface area contributed by atoms with Crippen LogP contribution >= 0.6 is 0 Å². The normalized spacial score (nSPS) is 20.9. The summed E-state index contributed by atoms with van der Waals surface area (Å²) in [6.45, 7) is 3.58. The van der Waals surface area contributed by atoms with Gasteiger partial charge in [0.05, 0.1) is 0 Å². The SMILES string of the molecule is CC[C@@H](CN)N1CCCC1=O. The molecule has 0 aromatic carbocycles. The van der Waals surface area contributed by atoms with Crippen LogP contribution in [0.15, 0.2) is 0 Å². The summed E-state index contributed by atoms with van der Waals surface area (Å²) in [5.41, 5.74) is 5.53. The minimum atomic E-state index is 0.280. The second kappa shape index (κ2) is 3.72. The maximum atomic E-state index is 11.2. The highest BCUT2D eigenvalue weighted by Gasteiger charge is 2.25.